The second kappa shape index (κ2) is 5.65. The Labute approximate surface area is 136 Å². The van der Waals surface area contributed by atoms with Crippen LogP contribution in [-0.4, -0.2) is 45.5 Å². The van der Waals surface area contributed by atoms with E-state index in [-0.39, 0.29) is 6.04 Å². The number of hydrogen-bond acceptors (Lipinski definition) is 5. The Bertz CT molecular complexity index is 673. The van der Waals surface area contributed by atoms with E-state index in [0.717, 1.165) is 24.3 Å². The molecule has 1 atom stereocenters. The Kier molecular flexibility index (Phi) is 4.12. The first-order valence-corrected chi connectivity index (χ1v) is 9.86. The molecule has 1 aliphatic carbocycles. The summed E-state index contributed by atoms with van der Waals surface area (Å²) in [6.07, 6.45) is 3.57. The number of nitrogens with zero attached hydrogens (tertiary/aromatic N) is 2. The lowest BCUT2D eigenvalue weighted by Crippen LogP contribution is -2.45. The number of pyridine rings is 1. The van der Waals surface area contributed by atoms with Crippen LogP contribution >= 0.6 is 11.6 Å². The topological polar surface area (TPSA) is 59.5 Å². The molecule has 1 unspecified atom stereocenters. The van der Waals surface area contributed by atoms with E-state index in [9.17, 15) is 8.42 Å². The van der Waals surface area contributed by atoms with Crippen molar-refractivity contribution in [3.8, 4) is 0 Å². The second-order valence-electron chi connectivity index (χ2n) is 6.13. The molecular formula is C15H21ClN2O3S. The van der Waals surface area contributed by atoms with Crippen molar-refractivity contribution in [2.45, 2.75) is 37.0 Å². The van der Waals surface area contributed by atoms with Gasteiger partial charge in [-0.2, -0.15) is 0 Å². The van der Waals surface area contributed by atoms with E-state index in [4.69, 9.17) is 16.3 Å². The third kappa shape index (κ3) is 2.72. The lowest BCUT2D eigenvalue weighted by molar-refractivity contribution is 0.0925. The van der Waals surface area contributed by atoms with Crippen molar-refractivity contribution in [3.05, 3.63) is 22.8 Å². The Hall–Kier alpha value is -0.850. The van der Waals surface area contributed by atoms with Crippen LogP contribution in [0.3, 0.4) is 0 Å². The van der Waals surface area contributed by atoms with E-state index in [2.05, 4.69) is 16.8 Å². The number of aromatic nitrogens is 1. The normalized spacial score (nSPS) is 24.3. The van der Waals surface area contributed by atoms with E-state index in [1.165, 1.54) is 6.26 Å². The second-order valence-corrected chi connectivity index (χ2v) is 8.85. The van der Waals surface area contributed by atoms with Crippen molar-refractivity contribution in [1.82, 2.24) is 4.98 Å². The van der Waals surface area contributed by atoms with E-state index in [0.29, 0.717) is 31.2 Å². The summed E-state index contributed by atoms with van der Waals surface area (Å²) >= 11 is 6.18. The third-order valence-corrected chi connectivity index (χ3v) is 6.97. The molecule has 1 aliphatic heterocycles. The minimum absolute atomic E-state index is 0.251. The Morgan fingerprint density at radius 2 is 2.18 bits per heavy atom. The lowest BCUT2D eigenvalue weighted by Gasteiger charge is -2.36. The third-order valence-electron chi connectivity index (χ3n) is 4.71. The molecule has 2 fully saturated rings. The van der Waals surface area contributed by atoms with E-state index >= 15 is 0 Å². The molecule has 5 nitrogen and oxygen atoms in total. The Morgan fingerprint density at radius 1 is 1.45 bits per heavy atom. The van der Waals surface area contributed by atoms with Gasteiger partial charge in [0.15, 0.2) is 9.84 Å². The van der Waals surface area contributed by atoms with Gasteiger partial charge in [-0.1, -0.05) is 18.5 Å². The zero-order chi connectivity index (χ0) is 16.0. The molecule has 0 spiro atoms. The minimum Gasteiger partial charge on any atom is -0.377 e. The van der Waals surface area contributed by atoms with Gasteiger partial charge in [-0.15, -0.1) is 0 Å². The maximum absolute atomic E-state index is 12.1. The number of hydrogen-bond donors (Lipinski definition) is 0. The van der Waals surface area contributed by atoms with E-state index in [1.807, 2.05) is 6.07 Å². The zero-order valence-electron chi connectivity index (χ0n) is 12.9. The molecule has 3 rings (SSSR count). The molecule has 22 heavy (non-hydrogen) atoms. The van der Waals surface area contributed by atoms with Crippen LogP contribution in [0.1, 0.15) is 31.7 Å². The van der Waals surface area contributed by atoms with Crippen molar-refractivity contribution >= 4 is 27.3 Å². The van der Waals surface area contributed by atoms with Gasteiger partial charge in [-0.05, 0) is 37.0 Å². The van der Waals surface area contributed by atoms with Crippen molar-refractivity contribution in [1.29, 1.82) is 0 Å². The molecule has 1 saturated carbocycles. The molecule has 7 heteroatoms. The van der Waals surface area contributed by atoms with Gasteiger partial charge in [-0.25, -0.2) is 13.4 Å². The van der Waals surface area contributed by atoms with Crippen molar-refractivity contribution in [3.63, 3.8) is 0 Å². The first-order valence-electron chi connectivity index (χ1n) is 7.59. The highest BCUT2D eigenvalue weighted by molar-refractivity contribution is 7.92. The van der Waals surface area contributed by atoms with Gasteiger partial charge in [0.05, 0.1) is 24.0 Å². The Balaban J connectivity index is 2.01. The van der Waals surface area contributed by atoms with Gasteiger partial charge in [-0.3, -0.25) is 0 Å². The van der Waals surface area contributed by atoms with Crippen LogP contribution in [0.25, 0.3) is 0 Å². The molecule has 1 saturated heterocycles. The molecule has 0 radical (unpaired) electrons. The van der Waals surface area contributed by atoms with E-state index in [1.54, 1.807) is 6.07 Å². The van der Waals surface area contributed by atoms with Crippen molar-refractivity contribution in [2.75, 3.05) is 30.9 Å². The molecule has 0 aromatic carbocycles. The predicted molar refractivity (Wildman–Crippen MR) is 87.2 cm³/mol. The van der Waals surface area contributed by atoms with Gasteiger partial charge in [0.2, 0.25) is 0 Å². The number of morpholine rings is 1. The summed E-state index contributed by atoms with van der Waals surface area (Å²) in [5.74, 6) is 0.757. The standard InChI is InChI=1S/C15H21ClN2O3S/c1-3-12-10-21-7-6-18(12)14-9-11(8-13(16)17-14)15(4-5-15)22(2,19)20/h8-9,12H,3-7,10H2,1-2H3. The molecule has 0 N–H and O–H groups in total. The summed E-state index contributed by atoms with van der Waals surface area (Å²) in [5, 5.41) is 0.351. The van der Waals surface area contributed by atoms with Crippen LogP contribution in [0.2, 0.25) is 5.15 Å². The first-order chi connectivity index (χ1) is 10.4. The predicted octanol–water partition coefficient (Wildman–Crippen LogP) is 2.38. The van der Waals surface area contributed by atoms with Crippen LogP contribution in [-0.2, 0) is 19.3 Å². The highest BCUT2D eigenvalue weighted by Gasteiger charge is 2.53. The summed E-state index contributed by atoms with van der Waals surface area (Å²) in [6.45, 7) is 4.17. The van der Waals surface area contributed by atoms with Crippen molar-refractivity contribution < 1.29 is 13.2 Å². The SMILES string of the molecule is CCC1COCCN1c1cc(C2(S(C)(=O)=O)CC2)cc(Cl)n1. The van der Waals surface area contributed by atoms with Crippen LogP contribution < -0.4 is 4.90 Å². The molecule has 122 valence electrons. The van der Waals surface area contributed by atoms with Crippen LogP contribution in [0.5, 0.6) is 0 Å². The van der Waals surface area contributed by atoms with E-state index < -0.39 is 14.6 Å². The Morgan fingerprint density at radius 3 is 2.77 bits per heavy atom. The molecule has 0 amide bonds. The monoisotopic (exact) mass is 344 g/mol. The zero-order valence-corrected chi connectivity index (χ0v) is 14.5. The first kappa shape index (κ1) is 16.0. The van der Waals surface area contributed by atoms with Crippen LogP contribution in [0.15, 0.2) is 12.1 Å². The maximum Gasteiger partial charge on any atom is 0.157 e. The van der Waals surface area contributed by atoms with Gasteiger partial charge in [0.25, 0.3) is 0 Å². The molecule has 1 aromatic rings. The number of rotatable bonds is 4. The summed E-state index contributed by atoms with van der Waals surface area (Å²) in [7, 11) is -3.16. The quantitative estimate of drug-likeness (QED) is 0.785. The molecule has 0 bridgehead atoms. The van der Waals surface area contributed by atoms with Gasteiger partial charge < -0.3 is 9.64 Å². The van der Waals surface area contributed by atoms with Gasteiger partial charge in [0.1, 0.15) is 11.0 Å². The number of halogens is 1. The highest BCUT2D eigenvalue weighted by Crippen LogP contribution is 2.53. The fraction of sp³-hybridized carbons (Fsp3) is 0.667. The summed E-state index contributed by atoms with van der Waals surface area (Å²) < 4.78 is 29.0. The van der Waals surface area contributed by atoms with Crippen molar-refractivity contribution in [2.24, 2.45) is 0 Å². The molecular weight excluding hydrogens is 324 g/mol. The number of anilines is 1. The molecule has 2 aliphatic rings. The number of ether oxygens (including phenoxy) is 1. The minimum atomic E-state index is -3.16. The fourth-order valence-electron chi connectivity index (χ4n) is 3.17. The van der Waals surface area contributed by atoms with Crippen LogP contribution in [0.4, 0.5) is 5.82 Å². The molecule has 2 heterocycles. The maximum atomic E-state index is 12.1. The molecule has 1 aromatic heterocycles. The average Bonchev–Trinajstić information content (AvgIpc) is 3.28. The fourth-order valence-corrected chi connectivity index (χ4v) is 4.77. The smallest absolute Gasteiger partial charge is 0.157 e. The summed E-state index contributed by atoms with van der Waals surface area (Å²) in [5.41, 5.74) is 0.770. The largest absolute Gasteiger partial charge is 0.377 e. The summed E-state index contributed by atoms with van der Waals surface area (Å²) in [6, 6.07) is 3.84. The van der Waals surface area contributed by atoms with Crippen LogP contribution in [0, 0.1) is 0 Å². The highest BCUT2D eigenvalue weighted by atomic mass is 35.5. The number of sulfone groups is 1. The lowest BCUT2D eigenvalue weighted by atomic mass is 10.1. The van der Waals surface area contributed by atoms with Gasteiger partial charge >= 0.3 is 0 Å². The summed E-state index contributed by atoms with van der Waals surface area (Å²) in [4.78, 5) is 6.60. The van der Waals surface area contributed by atoms with Gasteiger partial charge in [0, 0.05) is 12.8 Å². The average molecular weight is 345 g/mol.